The molecule has 0 bridgehead atoms. The van der Waals surface area contributed by atoms with Crippen LogP contribution in [-0.2, 0) is 22.6 Å². The first-order chi connectivity index (χ1) is 15.0. The molecule has 0 saturated carbocycles. The van der Waals surface area contributed by atoms with Crippen molar-refractivity contribution < 1.29 is 9.59 Å². The van der Waals surface area contributed by atoms with E-state index in [0.29, 0.717) is 19.5 Å². The Hall–Kier alpha value is -3.08. The lowest BCUT2D eigenvalue weighted by Crippen LogP contribution is -2.46. The molecule has 2 amide bonds. The van der Waals surface area contributed by atoms with Gasteiger partial charge < -0.3 is 14.8 Å². The van der Waals surface area contributed by atoms with E-state index in [2.05, 4.69) is 17.1 Å². The van der Waals surface area contributed by atoms with Crippen LogP contribution in [0.2, 0.25) is 0 Å². The molecule has 0 aliphatic heterocycles. The number of H-pyrrole nitrogens is 1. The summed E-state index contributed by atoms with van der Waals surface area (Å²) >= 11 is 0. The van der Waals surface area contributed by atoms with Crippen molar-refractivity contribution in [1.29, 1.82) is 0 Å². The predicted molar refractivity (Wildman–Crippen MR) is 126 cm³/mol. The van der Waals surface area contributed by atoms with E-state index in [1.807, 2.05) is 74.3 Å². The summed E-state index contributed by atoms with van der Waals surface area (Å²) in [4.78, 5) is 32.8. The van der Waals surface area contributed by atoms with Crippen LogP contribution in [0.5, 0.6) is 0 Å². The molecule has 2 aromatic carbocycles. The Labute approximate surface area is 185 Å². The van der Waals surface area contributed by atoms with Gasteiger partial charge >= 0.3 is 0 Å². The van der Waals surface area contributed by atoms with Crippen molar-refractivity contribution in [2.24, 2.45) is 0 Å². The standard InChI is InChI=1S/C26H33N3O2/c1-4-10-25(30)29(20(2)3)19-26(31)28(18-21-11-6-5-7-12-21)16-15-22-17-27-24-14-9-8-13-23(22)24/h5-9,11-14,17,20,27H,4,10,15-16,18-19H2,1-3H3. The molecule has 1 aromatic heterocycles. The molecule has 164 valence electrons. The first-order valence-electron chi connectivity index (χ1n) is 11.2. The van der Waals surface area contributed by atoms with E-state index in [9.17, 15) is 9.59 Å². The number of fused-ring (bicyclic) bond motifs is 1. The molecule has 0 saturated heterocycles. The summed E-state index contributed by atoms with van der Waals surface area (Å²) in [5, 5.41) is 1.19. The molecule has 1 heterocycles. The normalized spacial score (nSPS) is 11.1. The molecule has 0 aliphatic rings. The van der Waals surface area contributed by atoms with Gasteiger partial charge in [-0.05, 0) is 43.9 Å². The molecule has 0 fully saturated rings. The van der Waals surface area contributed by atoms with Gasteiger partial charge in [-0.15, -0.1) is 0 Å². The third-order valence-corrected chi connectivity index (χ3v) is 5.61. The molecule has 0 unspecified atom stereocenters. The molecule has 0 atom stereocenters. The molecular formula is C26H33N3O2. The maximum absolute atomic E-state index is 13.3. The second-order valence-electron chi connectivity index (χ2n) is 8.28. The van der Waals surface area contributed by atoms with Crippen LogP contribution in [0, 0.1) is 0 Å². The Morgan fingerprint density at radius 1 is 0.968 bits per heavy atom. The summed E-state index contributed by atoms with van der Waals surface area (Å²) in [5.74, 6) is 0.0315. The molecule has 0 spiro atoms. The largest absolute Gasteiger partial charge is 0.361 e. The highest BCUT2D eigenvalue weighted by atomic mass is 16.2. The third-order valence-electron chi connectivity index (χ3n) is 5.61. The number of nitrogens with one attached hydrogen (secondary N) is 1. The lowest BCUT2D eigenvalue weighted by Gasteiger charge is -2.30. The van der Waals surface area contributed by atoms with Crippen molar-refractivity contribution in [3.05, 3.63) is 71.9 Å². The molecule has 5 nitrogen and oxygen atoms in total. The van der Waals surface area contributed by atoms with Crippen LogP contribution in [0.15, 0.2) is 60.8 Å². The number of benzene rings is 2. The summed E-state index contributed by atoms with van der Waals surface area (Å²) < 4.78 is 0. The van der Waals surface area contributed by atoms with E-state index in [4.69, 9.17) is 0 Å². The van der Waals surface area contributed by atoms with Crippen molar-refractivity contribution in [2.45, 2.75) is 52.6 Å². The quantitative estimate of drug-likeness (QED) is 0.514. The fourth-order valence-corrected chi connectivity index (χ4v) is 3.85. The van der Waals surface area contributed by atoms with Gasteiger partial charge in [-0.2, -0.15) is 0 Å². The Bertz CT molecular complexity index is 994. The van der Waals surface area contributed by atoms with E-state index in [0.717, 1.165) is 23.9 Å². The molecule has 3 rings (SSSR count). The van der Waals surface area contributed by atoms with Gasteiger partial charge in [0, 0.05) is 42.7 Å². The number of rotatable bonds is 10. The van der Waals surface area contributed by atoms with Gasteiger partial charge in [-0.25, -0.2) is 0 Å². The van der Waals surface area contributed by atoms with Crippen LogP contribution in [0.4, 0.5) is 0 Å². The molecule has 1 N–H and O–H groups in total. The van der Waals surface area contributed by atoms with Crippen molar-refractivity contribution >= 4 is 22.7 Å². The summed E-state index contributed by atoms with van der Waals surface area (Å²) in [5.41, 5.74) is 3.39. The minimum Gasteiger partial charge on any atom is -0.361 e. The zero-order valence-corrected chi connectivity index (χ0v) is 18.8. The van der Waals surface area contributed by atoms with E-state index >= 15 is 0 Å². The average molecular weight is 420 g/mol. The maximum Gasteiger partial charge on any atom is 0.242 e. The fourth-order valence-electron chi connectivity index (χ4n) is 3.85. The molecule has 3 aromatic rings. The van der Waals surface area contributed by atoms with Gasteiger partial charge in [-0.3, -0.25) is 9.59 Å². The van der Waals surface area contributed by atoms with Gasteiger partial charge in [-0.1, -0.05) is 55.5 Å². The number of para-hydroxylation sites is 1. The van der Waals surface area contributed by atoms with Gasteiger partial charge in [0.1, 0.15) is 0 Å². The SMILES string of the molecule is CCCC(=O)N(CC(=O)N(CCc1c[nH]c2ccccc12)Cc1ccccc1)C(C)C. The van der Waals surface area contributed by atoms with Gasteiger partial charge in [0.25, 0.3) is 0 Å². The van der Waals surface area contributed by atoms with Crippen LogP contribution >= 0.6 is 0 Å². The monoisotopic (exact) mass is 419 g/mol. The highest BCUT2D eigenvalue weighted by Gasteiger charge is 2.23. The van der Waals surface area contributed by atoms with E-state index in [1.165, 1.54) is 10.9 Å². The average Bonchev–Trinajstić information content (AvgIpc) is 3.18. The summed E-state index contributed by atoms with van der Waals surface area (Å²) in [6, 6.07) is 18.2. The highest BCUT2D eigenvalue weighted by Crippen LogP contribution is 2.19. The van der Waals surface area contributed by atoms with Crippen molar-refractivity contribution in [3.8, 4) is 0 Å². The Morgan fingerprint density at radius 3 is 2.39 bits per heavy atom. The zero-order chi connectivity index (χ0) is 22.2. The first kappa shape index (κ1) is 22.6. The van der Waals surface area contributed by atoms with Crippen LogP contribution in [0.25, 0.3) is 10.9 Å². The number of amides is 2. The highest BCUT2D eigenvalue weighted by molar-refractivity contribution is 5.85. The minimum atomic E-state index is -0.0122. The number of aromatic amines is 1. The van der Waals surface area contributed by atoms with Crippen LogP contribution in [0.1, 0.15) is 44.7 Å². The van der Waals surface area contributed by atoms with E-state index in [-0.39, 0.29) is 24.4 Å². The van der Waals surface area contributed by atoms with Crippen molar-refractivity contribution in [1.82, 2.24) is 14.8 Å². The second-order valence-corrected chi connectivity index (χ2v) is 8.28. The number of carbonyl (C=O) groups excluding carboxylic acids is 2. The van der Waals surface area contributed by atoms with Crippen LogP contribution in [-0.4, -0.2) is 45.7 Å². The first-order valence-corrected chi connectivity index (χ1v) is 11.2. The molecule has 5 heteroatoms. The van der Waals surface area contributed by atoms with Crippen molar-refractivity contribution in [3.63, 3.8) is 0 Å². The summed E-state index contributed by atoms with van der Waals surface area (Å²) in [6.45, 7) is 7.18. The topological polar surface area (TPSA) is 56.4 Å². The van der Waals surface area contributed by atoms with E-state index in [1.54, 1.807) is 4.90 Å². The third kappa shape index (κ3) is 5.97. The minimum absolute atomic E-state index is 0.00445. The number of hydrogen-bond donors (Lipinski definition) is 1. The zero-order valence-electron chi connectivity index (χ0n) is 18.8. The second kappa shape index (κ2) is 10.8. The Morgan fingerprint density at radius 2 is 1.68 bits per heavy atom. The van der Waals surface area contributed by atoms with Crippen LogP contribution < -0.4 is 0 Å². The van der Waals surface area contributed by atoms with Crippen LogP contribution in [0.3, 0.4) is 0 Å². The lowest BCUT2D eigenvalue weighted by molar-refractivity contribution is -0.142. The van der Waals surface area contributed by atoms with Gasteiger partial charge in [0.15, 0.2) is 0 Å². The van der Waals surface area contributed by atoms with E-state index < -0.39 is 0 Å². The molecular weight excluding hydrogens is 386 g/mol. The summed E-state index contributed by atoms with van der Waals surface area (Å²) in [6.07, 6.45) is 4.04. The lowest BCUT2D eigenvalue weighted by atomic mass is 10.1. The Kier molecular flexibility index (Phi) is 7.88. The Balaban J connectivity index is 1.76. The number of hydrogen-bond acceptors (Lipinski definition) is 2. The summed E-state index contributed by atoms with van der Waals surface area (Å²) in [7, 11) is 0. The predicted octanol–water partition coefficient (Wildman–Crippen LogP) is 4.78. The fraction of sp³-hybridized carbons (Fsp3) is 0.385. The smallest absolute Gasteiger partial charge is 0.242 e. The maximum atomic E-state index is 13.3. The number of nitrogens with zero attached hydrogens (tertiary/aromatic N) is 2. The molecule has 0 aliphatic carbocycles. The molecule has 0 radical (unpaired) electrons. The number of aromatic nitrogens is 1. The van der Waals surface area contributed by atoms with Crippen molar-refractivity contribution in [2.75, 3.05) is 13.1 Å². The van der Waals surface area contributed by atoms with Gasteiger partial charge in [0.05, 0.1) is 6.54 Å². The van der Waals surface area contributed by atoms with Gasteiger partial charge in [0.2, 0.25) is 11.8 Å². The molecule has 31 heavy (non-hydrogen) atoms. The number of carbonyl (C=O) groups is 2.